The molecule has 172 valence electrons. The summed E-state index contributed by atoms with van der Waals surface area (Å²) < 4.78 is 35.9. The van der Waals surface area contributed by atoms with E-state index >= 15 is 0 Å². The average molecular weight is 448 g/mol. The second-order valence-corrected chi connectivity index (χ2v) is 6.55. The lowest BCUT2D eigenvalue weighted by Gasteiger charge is -2.28. The van der Waals surface area contributed by atoms with Crippen LogP contribution in [0, 0.1) is 0 Å². The van der Waals surface area contributed by atoms with Crippen LogP contribution in [0.2, 0.25) is 0 Å². The van der Waals surface area contributed by atoms with Crippen LogP contribution < -0.4 is 21.5 Å². The fraction of sp³-hybridized carbons (Fsp3) is 0.529. The number of allylic oxidation sites excluding steroid dienone is 1. The predicted molar refractivity (Wildman–Crippen MR) is 105 cm³/mol. The topological polar surface area (TPSA) is 135 Å². The zero-order valence-corrected chi connectivity index (χ0v) is 16.7. The van der Waals surface area contributed by atoms with Gasteiger partial charge in [0.05, 0.1) is 13.2 Å². The zero-order chi connectivity index (χ0) is 23.3. The summed E-state index contributed by atoms with van der Waals surface area (Å²) in [6.07, 6.45) is -3.38. The van der Waals surface area contributed by atoms with Gasteiger partial charge >= 0.3 is 17.8 Å². The van der Waals surface area contributed by atoms with E-state index in [2.05, 4.69) is 21.8 Å². The molecule has 0 unspecified atom stereocenters. The SMILES string of the molecule is C=CCn1c(N2CCNCC2)nc2c1c(=O)n(CCO)c(=O)n2C.O=C(O)C(F)(F)F. The Balaban J connectivity index is 0.000000423. The minimum atomic E-state index is -5.08. The van der Waals surface area contributed by atoms with E-state index in [1.165, 1.54) is 4.57 Å². The molecule has 14 heteroatoms. The van der Waals surface area contributed by atoms with Crippen molar-refractivity contribution in [1.29, 1.82) is 0 Å². The highest BCUT2D eigenvalue weighted by molar-refractivity contribution is 5.75. The molecule has 0 atom stereocenters. The maximum atomic E-state index is 12.8. The Morgan fingerprint density at radius 3 is 2.32 bits per heavy atom. The number of nitrogens with one attached hydrogen (secondary N) is 1. The Labute approximate surface area is 173 Å². The Bertz CT molecular complexity index is 1070. The number of carbonyl (C=O) groups is 1. The maximum Gasteiger partial charge on any atom is 0.490 e. The van der Waals surface area contributed by atoms with E-state index in [1.807, 2.05) is 0 Å². The molecule has 1 saturated heterocycles. The van der Waals surface area contributed by atoms with Crippen LogP contribution in [0.25, 0.3) is 11.2 Å². The van der Waals surface area contributed by atoms with Gasteiger partial charge in [0, 0.05) is 39.8 Å². The van der Waals surface area contributed by atoms with Gasteiger partial charge in [-0.3, -0.25) is 13.9 Å². The van der Waals surface area contributed by atoms with E-state index < -0.39 is 23.4 Å². The number of carboxylic acids is 1. The number of hydrogen-bond acceptors (Lipinski definition) is 7. The number of carboxylic acid groups (broad SMARTS) is 1. The molecule has 11 nitrogen and oxygen atoms in total. The van der Waals surface area contributed by atoms with Gasteiger partial charge in [0.15, 0.2) is 11.2 Å². The van der Waals surface area contributed by atoms with E-state index in [0.29, 0.717) is 23.7 Å². The lowest BCUT2D eigenvalue weighted by Crippen LogP contribution is -2.44. The minimum Gasteiger partial charge on any atom is -0.475 e. The first-order valence-electron chi connectivity index (χ1n) is 9.22. The van der Waals surface area contributed by atoms with Crippen LogP contribution in [0.1, 0.15) is 0 Å². The minimum absolute atomic E-state index is 0.0380. The first kappa shape index (κ1) is 24.1. The van der Waals surface area contributed by atoms with Gasteiger partial charge in [0.1, 0.15) is 0 Å². The zero-order valence-electron chi connectivity index (χ0n) is 16.7. The molecule has 3 N–H and O–H groups in total. The van der Waals surface area contributed by atoms with E-state index in [1.54, 1.807) is 17.7 Å². The first-order valence-corrected chi connectivity index (χ1v) is 9.22. The molecular formula is C17H23F3N6O5. The van der Waals surface area contributed by atoms with E-state index in [-0.39, 0.29) is 13.2 Å². The largest absolute Gasteiger partial charge is 0.490 e. The number of aliphatic carboxylic acids is 1. The fourth-order valence-electron chi connectivity index (χ4n) is 3.07. The molecule has 0 aliphatic carbocycles. The highest BCUT2D eigenvalue weighted by atomic mass is 19.4. The van der Waals surface area contributed by atoms with E-state index in [0.717, 1.165) is 30.7 Å². The van der Waals surface area contributed by atoms with Gasteiger partial charge < -0.3 is 25.0 Å². The van der Waals surface area contributed by atoms with Gasteiger partial charge in [-0.2, -0.15) is 18.2 Å². The van der Waals surface area contributed by atoms with E-state index in [9.17, 15) is 22.8 Å². The molecule has 3 rings (SSSR count). The lowest BCUT2D eigenvalue weighted by atomic mass is 10.4. The third kappa shape index (κ3) is 5.14. The number of nitrogens with zero attached hydrogens (tertiary/aromatic N) is 5. The number of aliphatic hydroxyl groups is 1. The summed E-state index contributed by atoms with van der Waals surface area (Å²) in [5.74, 6) is -2.09. The number of imidazole rings is 1. The third-order valence-electron chi connectivity index (χ3n) is 4.49. The molecule has 1 fully saturated rings. The Hall–Kier alpha value is -3.13. The Morgan fingerprint density at radius 2 is 1.84 bits per heavy atom. The van der Waals surface area contributed by atoms with Crippen LogP contribution in [0.4, 0.5) is 19.1 Å². The molecule has 2 aromatic rings. The van der Waals surface area contributed by atoms with Crippen LogP contribution in [-0.4, -0.2) is 73.8 Å². The number of hydrogen-bond donors (Lipinski definition) is 3. The third-order valence-corrected chi connectivity index (χ3v) is 4.49. The Morgan fingerprint density at radius 1 is 1.26 bits per heavy atom. The van der Waals surface area contributed by atoms with Gasteiger partial charge in [-0.15, -0.1) is 6.58 Å². The van der Waals surface area contributed by atoms with Gasteiger partial charge in [-0.1, -0.05) is 6.08 Å². The molecule has 0 radical (unpaired) electrons. The quantitative estimate of drug-likeness (QED) is 0.502. The summed E-state index contributed by atoms with van der Waals surface area (Å²) >= 11 is 0. The molecular weight excluding hydrogens is 425 g/mol. The van der Waals surface area contributed by atoms with Crippen LogP contribution in [0.15, 0.2) is 22.2 Å². The molecule has 31 heavy (non-hydrogen) atoms. The molecule has 3 heterocycles. The summed E-state index contributed by atoms with van der Waals surface area (Å²) in [5, 5.41) is 19.6. The number of halogens is 3. The smallest absolute Gasteiger partial charge is 0.475 e. The summed E-state index contributed by atoms with van der Waals surface area (Å²) in [6.45, 7) is 7.09. The van der Waals surface area contributed by atoms with Crippen molar-refractivity contribution in [1.82, 2.24) is 24.0 Å². The number of piperazine rings is 1. The summed E-state index contributed by atoms with van der Waals surface area (Å²) in [7, 11) is 1.59. The van der Waals surface area contributed by atoms with Crippen molar-refractivity contribution in [2.45, 2.75) is 19.3 Å². The molecule has 0 bridgehead atoms. The Kier molecular flexibility index (Phi) is 7.62. The molecule has 0 saturated carbocycles. The van der Waals surface area contributed by atoms with Crippen molar-refractivity contribution >= 4 is 23.1 Å². The van der Waals surface area contributed by atoms with Gasteiger partial charge in [-0.05, 0) is 0 Å². The molecule has 2 aromatic heterocycles. The molecule has 1 aliphatic rings. The molecule has 0 aromatic carbocycles. The summed E-state index contributed by atoms with van der Waals surface area (Å²) in [5.41, 5.74) is -0.192. The predicted octanol–water partition coefficient (Wildman–Crippen LogP) is -0.882. The molecule has 0 amide bonds. The maximum absolute atomic E-state index is 12.8. The number of aromatic nitrogens is 4. The van der Waals surface area contributed by atoms with Crippen molar-refractivity contribution in [3.63, 3.8) is 0 Å². The van der Waals surface area contributed by atoms with Crippen molar-refractivity contribution in [2.75, 3.05) is 37.7 Å². The van der Waals surface area contributed by atoms with Crippen LogP contribution in [0.3, 0.4) is 0 Å². The summed E-state index contributed by atoms with van der Waals surface area (Å²) in [6, 6.07) is 0. The summed E-state index contributed by atoms with van der Waals surface area (Å²) in [4.78, 5) is 40.7. The van der Waals surface area contributed by atoms with Crippen molar-refractivity contribution in [3.05, 3.63) is 33.5 Å². The standard InChI is InChI=1S/C15H22N6O3.C2HF3O2/c1-3-6-20-11-12(17-14(20)19-7-4-16-5-8-19)18(2)15(24)21(9-10-22)13(11)23;3-2(4,5)1(6)7/h3,16,22H,1,4-10H2,2H3;(H,6,7). The van der Waals surface area contributed by atoms with E-state index in [4.69, 9.17) is 15.0 Å². The van der Waals surface area contributed by atoms with Gasteiger partial charge in [0.25, 0.3) is 5.56 Å². The number of alkyl halides is 3. The van der Waals surface area contributed by atoms with Crippen molar-refractivity contribution in [2.24, 2.45) is 7.05 Å². The van der Waals surface area contributed by atoms with Gasteiger partial charge in [0.2, 0.25) is 5.95 Å². The lowest BCUT2D eigenvalue weighted by molar-refractivity contribution is -0.192. The fourth-order valence-corrected chi connectivity index (χ4v) is 3.07. The second kappa shape index (κ2) is 9.78. The molecule has 1 aliphatic heterocycles. The average Bonchev–Trinajstić information content (AvgIpc) is 3.10. The highest BCUT2D eigenvalue weighted by Crippen LogP contribution is 2.20. The van der Waals surface area contributed by atoms with Crippen LogP contribution >= 0.6 is 0 Å². The van der Waals surface area contributed by atoms with Crippen LogP contribution in [0.5, 0.6) is 0 Å². The van der Waals surface area contributed by atoms with Crippen LogP contribution in [-0.2, 0) is 24.9 Å². The number of anilines is 1. The highest BCUT2D eigenvalue weighted by Gasteiger charge is 2.38. The number of fused-ring (bicyclic) bond motifs is 1. The number of rotatable bonds is 5. The molecule has 0 spiro atoms. The second-order valence-electron chi connectivity index (χ2n) is 6.55. The monoisotopic (exact) mass is 448 g/mol. The number of aliphatic hydroxyl groups excluding tert-OH is 1. The first-order chi connectivity index (χ1) is 14.5. The normalized spacial score (nSPS) is 14.3. The van der Waals surface area contributed by atoms with Gasteiger partial charge in [-0.25, -0.2) is 9.59 Å². The number of aryl methyl sites for hydroxylation is 1. The van der Waals surface area contributed by atoms with Crippen molar-refractivity contribution in [3.8, 4) is 0 Å². The van der Waals surface area contributed by atoms with Crippen molar-refractivity contribution < 1.29 is 28.2 Å².